The molecule has 0 bridgehead atoms. The Hall–Kier alpha value is -6.64. The molecule has 2 heteroatoms. The van der Waals surface area contributed by atoms with Crippen molar-refractivity contribution < 1.29 is 0 Å². The summed E-state index contributed by atoms with van der Waals surface area (Å²) in [6.07, 6.45) is 0. The molecule has 0 saturated heterocycles. The van der Waals surface area contributed by atoms with Crippen molar-refractivity contribution in [2.75, 3.05) is 0 Å². The Bertz CT molecular complexity index is 3050. The van der Waals surface area contributed by atoms with E-state index in [9.17, 15) is 0 Å². The van der Waals surface area contributed by atoms with Gasteiger partial charge >= 0.3 is 0 Å². The van der Waals surface area contributed by atoms with Crippen molar-refractivity contribution >= 4 is 43.6 Å². The van der Waals surface area contributed by atoms with Gasteiger partial charge in [-0.25, -0.2) is 0 Å². The molecule has 0 fully saturated rings. The van der Waals surface area contributed by atoms with Crippen molar-refractivity contribution in [1.29, 1.82) is 0 Å². The van der Waals surface area contributed by atoms with Crippen LogP contribution in [0.2, 0.25) is 0 Å². The third-order valence-electron chi connectivity index (χ3n) is 11.7. The summed E-state index contributed by atoms with van der Waals surface area (Å²) in [7, 11) is 0. The largest absolute Gasteiger partial charge is 0.309 e. The molecule has 1 aliphatic rings. The van der Waals surface area contributed by atoms with Crippen molar-refractivity contribution in [2.24, 2.45) is 0 Å². The second kappa shape index (κ2) is 11.2. The molecule has 0 N–H and O–H groups in total. The van der Waals surface area contributed by atoms with Gasteiger partial charge in [0.2, 0.25) is 0 Å². The van der Waals surface area contributed by atoms with Crippen LogP contribution in [0.25, 0.3) is 88.4 Å². The lowest BCUT2D eigenvalue weighted by Gasteiger charge is -2.22. The molecule has 0 amide bonds. The zero-order valence-corrected chi connectivity index (χ0v) is 29.7. The highest BCUT2D eigenvalue weighted by Gasteiger charge is 2.35. The van der Waals surface area contributed by atoms with E-state index in [0.717, 1.165) is 5.69 Å². The third-order valence-corrected chi connectivity index (χ3v) is 11.7. The van der Waals surface area contributed by atoms with Gasteiger partial charge in [0.15, 0.2) is 0 Å². The molecule has 8 aromatic carbocycles. The van der Waals surface area contributed by atoms with Crippen molar-refractivity contribution in [3.05, 3.63) is 193 Å². The fourth-order valence-corrected chi connectivity index (χ4v) is 9.19. The monoisotopic (exact) mass is 676 g/mol. The highest BCUT2D eigenvalue weighted by atomic mass is 15.0. The summed E-state index contributed by atoms with van der Waals surface area (Å²) >= 11 is 0. The van der Waals surface area contributed by atoms with Gasteiger partial charge in [-0.1, -0.05) is 147 Å². The highest BCUT2D eigenvalue weighted by molar-refractivity contribution is 6.28. The molecular formula is C51H36N2. The molecule has 2 aromatic heterocycles. The van der Waals surface area contributed by atoms with Gasteiger partial charge in [0.1, 0.15) is 0 Å². The van der Waals surface area contributed by atoms with E-state index in [2.05, 4.69) is 205 Å². The number of hydrogen-bond donors (Lipinski definition) is 0. The normalized spacial score (nSPS) is 13.2. The molecular weight excluding hydrogens is 641 g/mol. The van der Waals surface area contributed by atoms with Gasteiger partial charge in [-0.05, 0) is 93.0 Å². The predicted molar refractivity (Wildman–Crippen MR) is 224 cm³/mol. The van der Waals surface area contributed by atoms with Crippen LogP contribution in [0.4, 0.5) is 0 Å². The lowest BCUT2D eigenvalue weighted by molar-refractivity contribution is 0.660. The molecule has 0 atom stereocenters. The summed E-state index contributed by atoms with van der Waals surface area (Å²) in [5.41, 5.74) is 17.5. The van der Waals surface area contributed by atoms with Crippen molar-refractivity contribution in [2.45, 2.75) is 19.3 Å². The quantitative estimate of drug-likeness (QED) is 0.176. The van der Waals surface area contributed by atoms with Gasteiger partial charge in [0, 0.05) is 38.3 Å². The minimum Gasteiger partial charge on any atom is -0.309 e. The van der Waals surface area contributed by atoms with E-state index < -0.39 is 0 Å². The molecule has 0 saturated carbocycles. The highest BCUT2D eigenvalue weighted by Crippen LogP contribution is 2.50. The second-order valence-corrected chi connectivity index (χ2v) is 14.9. The first-order chi connectivity index (χ1) is 26.1. The number of hydrogen-bond acceptors (Lipinski definition) is 0. The number of aromatic nitrogens is 2. The molecule has 1 aliphatic carbocycles. The zero-order chi connectivity index (χ0) is 35.3. The predicted octanol–water partition coefficient (Wildman–Crippen LogP) is 13.5. The van der Waals surface area contributed by atoms with Gasteiger partial charge in [0.05, 0.1) is 22.1 Å². The summed E-state index contributed by atoms with van der Waals surface area (Å²) in [4.78, 5) is 0. The fraction of sp³-hybridized carbons (Fsp3) is 0.0588. The van der Waals surface area contributed by atoms with Gasteiger partial charge in [-0.15, -0.1) is 0 Å². The maximum Gasteiger partial charge on any atom is 0.0548 e. The summed E-state index contributed by atoms with van der Waals surface area (Å²) in [6, 6.07) is 66.9. The Balaban J connectivity index is 1.08. The minimum atomic E-state index is -0.0669. The molecule has 2 nitrogen and oxygen atoms in total. The van der Waals surface area contributed by atoms with E-state index >= 15 is 0 Å². The number of benzene rings is 8. The van der Waals surface area contributed by atoms with E-state index in [0.29, 0.717) is 0 Å². The van der Waals surface area contributed by atoms with Crippen LogP contribution in [-0.2, 0) is 5.41 Å². The van der Waals surface area contributed by atoms with Crippen LogP contribution >= 0.6 is 0 Å². The number of para-hydroxylation sites is 2. The second-order valence-electron chi connectivity index (χ2n) is 14.9. The topological polar surface area (TPSA) is 9.86 Å². The SMILES string of the molecule is CC1(C)c2ccccc2-c2ccc(-n3c4ccccc4c4c5c6ccccc6n(-c6ccc(-c7ccc(-c8ccccc8)cc7)cc6)c5ccc43)cc21. The van der Waals surface area contributed by atoms with Crippen LogP contribution in [0.15, 0.2) is 182 Å². The lowest BCUT2D eigenvalue weighted by atomic mass is 9.82. The van der Waals surface area contributed by atoms with Gasteiger partial charge in [0.25, 0.3) is 0 Å². The Morgan fingerprint density at radius 3 is 1.42 bits per heavy atom. The van der Waals surface area contributed by atoms with Crippen LogP contribution in [0.3, 0.4) is 0 Å². The fourth-order valence-electron chi connectivity index (χ4n) is 9.19. The molecule has 0 aliphatic heterocycles. The van der Waals surface area contributed by atoms with E-state index in [1.54, 1.807) is 0 Å². The summed E-state index contributed by atoms with van der Waals surface area (Å²) in [6.45, 7) is 4.72. The molecule has 250 valence electrons. The lowest BCUT2D eigenvalue weighted by Crippen LogP contribution is -2.15. The molecule has 0 radical (unpaired) electrons. The Morgan fingerprint density at radius 2 is 0.792 bits per heavy atom. The number of rotatable bonds is 4. The molecule has 2 heterocycles. The molecule has 10 aromatic rings. The van der Waals surface area contributed by atoms with E-state index in [-0.39, 0.29) is 5.41 Å². The summed E-state index contributed by atoms with van der Waals surface area (Å²) in [5.74, 6) is 0. The van der Waals surface area contributed by atoms with Crippen LogP contribution < -0.4 is 0 Å². The summed E-state index contributed by atoms with van der Waals surface area (Å²) in [5, 5.41) is 5.13. The molecule has 0 spiro atoms. The minimum absolute atomic E-state index is 0.0669. The third kappa shape index (κ3) is 4.33. The molecule has 53 heavy (non-hydrogen) atoms. The van der Waals surface area contributed by atoms with Gasteiger partial charge in [-0.2, -0.15) is 0 Å². The van der Waals surface area contributed by atoms with Gasteiger partial charge < -0.3 is 9.13 Å². The van der Waals surface area contributed by atoms with Crippen LogP contribution in [0.5, 0.6) is 0 Å². The van der Waals surface area contributed by atoms with E-state index in [1.165, 1.54) is 93.8 Å². The van der Waals surface area contributed by atoms with Crippen LogP contribution in [0, 0.1) is 0 Å². The summed E-state index contributed by atoms with van der Waals surface area (Å²) < 4.78 is 4.92. The smallest absolute Gasteiger partial charge is 0.0548 e. The van der Waals surface area contributed by atoms with Crippen molar-refractivity contribution in [1.82, 2.24) is 9.13 Å². The van der Waals surface area contributed by atoms with E-state index in [4.69, 9.17) is 0 Å². The Kier molecular flexibility index (Phi) is 6.33. The van der Waals surface area contributed by atoms with Crippen LogP contribution in [0.1, 0.15) is 25.0 Å². The van der Waals surface area contributed by atoms with E-state index in [1.807, 2.05) is 0 Å². The first-order valence-corrected chi connectivity index (χ1v) is 18.5. The Labute approximate surface area is 308 Å². The maximum atomic E-state index is 2.48. The van der Waals surface area contributed by atoms with Crippen molar-refractivity contribution in [3.8, 4) is 44.8 Å². The maximum absolute atomic E-state index is 2.48. The molecule has 0 unspecified atom stereocenters. The van der Waals surface area contributed by atoms with Gasteiger partial charge in [-0.3, -0.25) is 0 Å². The average Bonchev–Trinajstić information content (AvgIpc) is 3.81. The average molecular weight is 677 g/mol. The number of nitrogens with zero attached hydrogens (tertiary/aromatic N) is 2. The standard InChI is InChI=1S/C51H36N2/c1-51(2)43-17-9-6-14-39(43)40-29-28-38(32-44(40)51)53-46-19-11-8-16-42(46)50-48(53)31-30-47-49(50)41-15-7-10-18-45(41)52(47)37-26-24-36(25-27-37)35-22-20-34(21-23-35)33-12-4-3-5-13-33/h3-32H,1-2H3. The zero-order valence-electron chi connectivity index (χ0n) is 29.7. The molecule has 11 rings (SSSR count). The Morgan fingerprint density at radius 1 is 0.340 bits per heavy atom. The van der Waals surface area contributed by atoms with Crippen molar-refractivity contribution in [3.63, 3.8) is 0 Å². The number of fused-ring (bicyclic) bond motifs is 10. The first kappa shape index (κ1) is 30.0. The van der Waals surface area contributed by atoms with Crippen LogP contribution in [-0.4, -0.2) is 9.13 Å². The first-order valence-electron chi connectivity index (χ1n) is 18.5.